The van der Waals surface area contributed by atoms with Gasteiger partial charge < -0.3 is 9.32 Å². The van der Waals surface area contributed by atoms with E-state index in [0.29, 0.717) is 29.5 Å². The van der Waals surface area contributed by atoms with Crippen LogP contribution in [-0.4, -0.2) is 46.9 Å². The highest BCUT2D eigenvalue weighted by Crippen LogP contribution is 2.32. The van der Waals surface area contributed by atoms with Gasteiger partial charge >= 0.3 is 0 Å². The lowest BCUT2D eigenvalue weighted by atomic mass is 10.1. The number of furan rings is 1. The summed E-state index contributed by atoms with van der Waals surface area (Å²) in [6.45, 7) is 7.80. The van der Waals surface area contributed by atoms with Gasteiger partial charge in [0.1, 0.15) is 0 Å². The van der Waals surface area contributed by atoms with Gasteiger partial charge in [-0.3, -0.25) is 14.7 Å². The number of aryl methyl sites for hydroxylation is 2. The van der Waals surface area contributed by atoms with Crippen LogP contribution in [0.25, 0.3) is 11.0 Å². The second-order valence-electron chi connectivity index (χ2n) is 7.11. The number of aromatic nitrogens is 1. The van der Waals surface area contributed by atoms with Gasteiger partial charge in [0.25, 0.3) is 5.91 Å². The highest BCUT2D eigenvalue weighted by Gasteiger charge is 2.27. The normalized spacial score (nSPS) is 15.4. The van der Waals surface area contributed by atoms with E-state index >= 15 is 0 Å². The average Bonchev–Trinajstić information content (AvgIpc) is 3.00. The molecular weight excluding hydrogens is 362 g/mol. The van der Waals surface area contributed by atoms with Crippen molar-refractivity contribution in [1.82, 2.24) is 14.8 Å². The van der Waals surface area contributed by atoms with E-state index in [-0.39, 0.29) is 5.91 Å². The molecule has 27 heavy (non-hydrogen) atoms. The third-order valence-corrected chi connectivity index (χ3v) is 5.40. The molecule has 5 nitrogen and oxygen atoms in total. The van der Waals surface area contributed by atoms with Gasteiger partial charge in [0.15, 0.2) is 11.3 Å². The molecule has 1 saturated heterocycles. The molecule has 1 fully saturated rings. The van der Waals surface area contributed by atoms with Gasteiger partial charge in [-0.2, -0.15) is 0 Å². The summed E-state index contributed by atoms with van der Waals surface area (Å²) in [4.78, 5) is 21.4. The van der Waals surface area contributed by atoms with Crippen LogP contribution in [0.15, 0.2) is 41.1 Å². The molecule has 0 spiro atoms. The van der Waals surface area contributed by atoms with Crippen LogP contribution in [0.4, 0.5) is 0 Å². The summed E-state index contributed by atoms with van der Waals surface area (Å²) in [6, 6.07) is 7.90. The summed E-state index contributed by atoms with van der Waals surface area (Å²) in [6.07, 6.45) is 3.67. The summed E-state index contributed by atoms with van der Waals surface area (Å²) in [5.41, 5.74) is 3.70. The van der Waals surface area contributed by atoms with Gasteiger partial charge in [0.2, 0.25) is 0 Å². The average molecular weight is 384 g/mol. The van der Waals surface area contributed by atoms with E-state index in [1.807, 2.05) is 43.1 Å². The van der Waals surface area contributed by atoms with E-state index in [9.17, 15) is 4.79 Å². The summed E-state index contributed by atoms with van der Waals surface area (Å²) in [5, 5.41) is 1.46. The first-order valence-electron chi connectivity index (χ1n) is 9.12. The quantitative estimate of drug-likeness (QED) is 0.684. The van der Waals surface area contributed by atoms with Crippen LogP contribution < -0.4 is 0 Å². The zero-order chi connectivity index (χ0) is 19.0. The number of carbonyl (C=O) groups is 1. The van der Waals surface area contributed by atoms with E-state index in [2.05, 4.69) is 16.0 Å². The fourth-order valence-corrected chi connectivity index (χ4v) is 3.93. The molecule has 1 amide bonds. The lowest BCUT2D eigenvalue weighted by Crippen LogP contribution is -2.48. The van der Waals surface area contributed by atoms with E-state index in [1.165, 1.54) is 5.56 Å². The molecular formula is C21H22ClN3O2. The first-order valence-corrected chi connectivity index (χ1v) is 9.50. The molecule has 140 valence electrons. The Morgan fingerprint density at radius 1 is 1.22 bits per heavy atom. The standard InChI is InChI=1S/C21H22ClN3O2/c1-14-10-17-15(2)19(27-20(17)18(22)11-14)21(26)25-8-6-24(7-9-25)13-16-4-3-5-23-12-16/h3-5,10-12H,6-9,13H2,1-2H3. The summed E-state index contributed by atoms with van der Waals surface area (Å²) >= 11 is 6.30. The van der Waals surface area contributed by atoms with Crippen LogP contribution in [0.2, 0.25) is 5.02 Å². The Morgan fingerprint density at radius 2 is 2.00 bits per heavy atom. The number of fused-ring (bicyclic) bond motifs is 1. The molecule has 0 atom stereocenters. The molecule has 0 unspecified atom stereocenters. The zero-order valence-electron chi connectivity index (χ0n) is 15.5. The van der Waals surface area contributed by atoms with E-state index in [4.69, 9.17) is 16.0 Å². The second kappa shape index (κ2) is 7.33. The molecule has 1 aromatic carbocycles. The van der Waals surface area contributed by atoms with E-state index in [1.54, 1.807) is 6.20 Å². The Balaban J connectivity index is 1.47. The minimum Gasteiger partial charge on any atom is -0.449 e. The zero-order valence-corrected chi connectivity index (χ0v) is 16.3. The van der Waals surface area contributed by atoms with Crippen LogP contribution in [0.3, 0.4) is 0 Å². The fourth-order valence-electron chi connectivity index (χ4n) is 3.62. The number of pyridine rings is 1. The maximum Gasteiger partial charge on any atom is 0.289 e. The Bertz CT molecular complexity index is 976. The van der Waals surface area contributed by atoms with Crippen LogP contribution in [0, 0.1) is 13.8 Å². The number of rotatable bonds is 3. The monoisotopic (exact) mass is 383 g/mol. The molecule has 0 radical (unpaired) electrons. The number of piperazine rings is 1. The molecule has 0 bridgehead atoms. The van der Waals surface area contributed by atoms with Crippen molar-refractivity contribution in [2.24, 2.45) is 0 Å². The number of carbonyl (C=O) groups excluding carboxylic acids is 1. The SMILES string of the molecule is Cc1cc(Cl)c2oc(C(=O)N3CCN(Cc4cccnc4)CC3)c(C)c2c1. The van der Waals surface area contributed by atoms with Crippen molar-refractivity contribution in [3.8, 4) is 0 Å². The van der Waals surface area contributed by atoms with Gasteiger partial charge in [0, 0.05) is 56.1 Å². The van der Waals surface area contributed by atoms with Gasteiger partial charge in [-0.15, -0.1) is 0 Å². The van der Waals surface area contributed by atoms with Gasteiger partial charge in [-0.05, 0) is 43.2 Å². The maximum atomic E-state index is 13.0. The minimum atomic E-state index is -0.0570. The highest BCUT2D eigenvalue weighted by atomic mass is 35.5. The van der Waals surface area contributed by atoms with Crippen LogP contribution >= 0.6 is 11.6 Å². The summed E-state index contributed by atoms with van der Waals surface area (Å²) < 4.78 is 5.88. The van der Waals surface area contributed by atoms with Crippen molar-refractivity contribution in [3.63, 3.8) is 0 Å². The molecule has 2 aromatic heterocycles. The summed E-state index contributed by atoms with van der Waals surface area (Å²) in [5.74, 6) is 0.344. The third-order valence-electron chi connectivity index (χ3n) is 5.12. The molecule has 6 heteroatoms. The van der Waals surface area contributed by atoms with Gasteiger partial charge in [0.05, 0.1) is 5.02 Å². The Kier molecular flexibility index (Phi) is 4.89. The maximum absolute atomic E-state index is 13.0. The van der Waals surface area contributed by atoms with Crippen molar-refractivity contribution >= 4 is 28.5 Å². The number of hydrogen-bond acceptors (Lipinski definition) is 4. The Hall–Kier alpha value is -2.37. The van der Waals surface area contributed by atoms with Crippen LogP contribution in [-0.2, 0) is 6.54 Å². The Labute approximate surface area is 163 Å². The molecule has 3 heterocycles. The van der Waals surface area contributed by atoms with Gasteiger partial charge in [-0.1, -0.05) is 17.7 Å². The topological polar surface area (TPSA) is 49.6 Å². The fraction of sp³-hybridized carbons (Fsp3) is 0.333. The lowest BCUT2D eigenvalue weighted by Gasteiger charge is -2.34. The van der Waals surface area contributed by atoms with Crippen molar-refractivity contribution in [1.29, 1.82) is 0 Å². The Morgan fingerprint density at radius 3 is 2.70 bits per heavy atom. The van der Waals surface area contributed by atoms with Crippen molar-refractivity contribution in [3.05, 3.63) is 64.1 Å². The van der Waals surface area contributed by atoms with Crippen molar-refractivity contribution < 1.29 is 9.21 Å². The summed E-state index contributed by atoms with van der Waals surface area (Å²) in [7, 11) is 0. The number of benzene rings is 1. The first-order chi connectivity index (χ1) is 13.0. The lowest BCUT2D eigenvalue weighted by molar-refractivity contribution is 0.0599. The first kappa shape index (κ1) is 18.0. The van der Waals surface area contributed by atoms with Crippen molar-refractivity contribution in [2.45, 2.75) is 20.4 Å². The molecule has 0 saturated carbocycles. The predicted octanol–water partition coefficient (Wildman–Crippen LogP) is 4.06. The molecule has 1 aliphatic rings. The van der Waals surface area contributed by atoms with E-state index in [0.717, 1.165) is 36.1 Å². The molecule has 1 aliphatic heterocycles. The predicted molar refractivity (Wildman–Crippen MR) is 106 cm³/mol. The van der Waals surface area contributed by atoms with Gasteiger partial charge in [-0.25, -0.2) is 0 Å². The van der Waals surface area contributed by atoms with E-state index < -0.39 is 0 Å². The minimum absolute atomic E-state index is 0.0570. The second-order valence-corrected chi connectivity index (χ2v) is 7.52. The van der Waals surface area contributed by atoms with Crippen LogP contribution in [0.1, 0.15) is 27.2 Å². The largest absolute Gasteiger partial charge is 0.449 e. The number of hydrogen-bond donors (Lipinski definition) is 0. The molecule has 3 aromatic rings. The molecule has 4 rings (SSSR count). The van der Waals surface area contributed by atoms with Crippen molar-refractivity contribution in [2.75, 3.05) is 26.2 Å². The number of amides is 1. The third kappa shape index (κ3) is 3.57. The smallest absolute Gasteiger partial charge is 0.289 e. The highest BCUT2D eigenvalue weighted by molar-refractivity contribution is 6.35. The number of nitrogens with zero attached hydrogens (tertiary/aromatic N) is 3. The molecule has 0 aliphatic carbocycles. The number of halogens is 1. The molecule has 0 N–H and O–H groups in total. The van der Waals surface area contributed by atoms with Crippen LogP contribution in [0.5, 0.6) is 0 Å².